The molecule has 0 aliphatic heterocycles. The van der Waals surface area contributed by atoms with Crippen LogP contribution >= 0.6 is 24.0 Å². The number of nitrogens with zero attached hydrogens (tertiary/aromatic N) is 3. The van der Waals surface area contributed by atoms with Crippen molar-refractivity contribution in [2.24, 2.45) is 10.7 Å². The predicted octanol–water partition coefficient (Wildman–Crippen LogP) is 2.36. The third kappa shape index (κ3) is 5.74. The molecule has 0 radical (unpaired) electrons. The Morgan fingerprint density at radius 2 is 2.00 bits per heavy atom. The van der Waals surface area contributed by atoms with Crippen molar-refractivity contribution in [1.82, 2.24) is 15.1 Å². The van der Waals surface area contributed by atoms with E-state index in [0.717, 1.165) is 12.1 Å². The summed E-state index contributed by atoms with van der Waals surface area (Å²) in [6.07, 6.45) is 3.74. The first-order valence-electron chi connectivity index (χ1n) is 6.76. The van der Waals surface area contributed by atoms with Gasteiger partial charge in [0.25, 0.3) is 0 Å². The Morgan fingerprint density at radius 3 is 2.62 bits per heavy atom. The van der Waals surface area contributed by atoms with Gasteiger partial charge in [0.15, 0.2) is 5.96 Å². The monoisotopic (exact) mass is 399 g/mol. The van der Waals surface area contributed by atoms with Crippen molar-refractivity contribution in [1.29, 1.82) is 0 Å². The van der Waals surface area contributed by atoms with Gasteiger partial charge in [-0.3, -0.25) is 4.68 Å². The van der Waals surface area contributed by atoms with Crippen LogP contribution in [0.3, 0.4) is 0 Å². The molecule has 1 aromatic carbocycles. The summed E-state index contributed by atoms with van der Waals surface area (Å²) in [5.74, 6) is 0.480. The number of halogens is 1. The van der Waals surface area contributed by atoms with Gasteiger partial charge in [0.05, 0.1) is 13.1 Å². The molecule has 114 valence electrons. The number of rotatable bonds is 5. The van der Waals surface area contributed by atoms with E-state index in [0.29, 0.717) is 12.5 Å². The number of benzene rings is 1. The van der Waals surface area contributed by atoms with Gasteiger partial charge in [-0.1, -0.05) is 24.3 Å². The van der Waals surface area contributed by atoms with Crippen LogP contribution in [0, 0.1) is 0 Å². The van der Waals surface area contributed by atoms with E-state index in [1.165, 1.54) is 5.56 Å². The Balaban J connectivity index is 0.00000220. The van der Waals surface area contributed by atoms with Crippen LogP contribution in [0.2, 0.25) is 0 Å². The molecule has 6 heteroatoms. The second kappa shape index (κ2) is 8.66. The Labute approximate surface area is 142 Å². The molecule has 0 aliphatic carbocycles. The first-order valence-corrected chi connectivity index (χ1v) is 6.76. The number of aromatic nitrogens is 2. The van der Waals surface area contributed by atoms with Gasteiger partial charge in [0.1, 0.15) is 0 Å². The topological polar surface area (TPSA) is 68.2 Å². The van der Waals surface area contributed by atoms with E-state index in [1.54, 1.807) is 6.20 Å². The Hall–Kier alpha value is -1.57. The highest BCUT2D eigenvalue weighted by molar-refractivity contribution is 14.0. The first kappa shape index (κ1) is 17.5. The summed E-state index contributed by atoms with van der Waals surface area (Å²) in [5, 5.41) is 7.32. The molecule has 2 rings (SSSR count). The molecule has 3 N–H and O–H groups in total. The van der Waals surface area contributed by atoms with Crippen LogP contribution in [0.5, 0.6) is 0 Å². The number of nitrogens with one attached hydrogen (secondary N) is 1. The highest BCUT2D eigenvalue weighted by Gasteiger charge is 2.03. The van der Waals surface area contributed by atoms with Crippen molar-refractivity contribution in [3.05, 3.63) is 53.9 Å². The molecule has 0 amide bonds. The van der Waals surface area contributed by atoms with Crippen LogP contribution in [0.25, 0.3) is 0 Å². The lowest BCUT2D eigenvalue weighted by molar-refractivity contribution is 0.680. The molecule has 0 atom stereocenters. The number of hydrogen-bond donors (Lipinski definition) is 2. The fourth-order valence-corrected chi connectivity index (χ4v) is 1.95. The minimum Gasteiger partial charge on any atom is -0.370 e. The number of guanidine groups is 1. The second-order valence-corrected chi connectivity index (χ2v) is 4.97. The Kier molecular flexibility index (Phi) is 7.21. The highest BCUT2D eigenvalue weighted by atomic mass is 127. The van der Waals surface area contributed by atoms with E-state index < -0.39 is 0 Å². The minimum absolute atomic E-state index is 0. The van der Waals surface area contributed by atoms with Crippen LogP contribution in [0.15, 0.2) is 47.7 Å². The van der Waals surface area contributed by atoms with Gasteiger partial charge in [0, 0.05) is 18.4 Å². The molecule has 0 bridgehead atoms. The molecule has 1 aromatic heterocycles. The van der Waals surface area contributed by atoms with Crippen LogP contribution in [0.1, 0.15) is 25.0 Å². The van der Waals surface area contributed by atoms with Crippen molar-refractivity contribution in [2.45, 2.75) is 33.0 Å². The van der Waals surface area contributed by atoms with Gasteiger partial charge in [-0.25, -0.2) is 4.99 Å². The maximum Gasteiger partial charge on any atom is 0.189 e. The third-order valence-corrected chi connectivity index (χ3v) is 2.87. The summed E-state index contributed by atoms with van der Waals surface area (Å²) >= 11 is 0. The van der Waals surface area contributed by atoms with E-state index in [4.69, 9.17) is 5.73 Å². The molecule has 0 aliphatic rings. The van der Waals surface area contributed by atoms with Crippen LogP contribution in [0.4, 0.5) is 0 Å². The predicted molar refractivity (Wildman–Crippen MR) is 96.8 cm³/mol. The van der Waals surface area contributed by atoms with Gasteiger partial charge in [-0.05, 0) is 31.0 Å². The fourth-order valence-electron chi connectivity index (χ4n) is 1.95. The SMILES string of the molecule is CC(C)NC(N)=NCc1ccccc1Cn1cccn1.I. The van der Waals surface area contributed by atoms with E-state index >= 15 is 0 Å². The normalized spacial score (nSPS) is 11.3. The van der Waals surface area contributed by atoms with Crippen LogP contribution < -0.4 is 11.1 Å². The average molecular weight is 399 g/mol. The largest absolute Gasteiger partial charge is 0.370 e. The maximum atomic E-state index is 5.83. The Morgan fingerprint density at radius 1 is 1.29 bits per heavy atom. The molecular formula is C15H22IN5. The number of nitrogens with two attached hydrogens (primary N) is 1. The lowest BCUT2D eigenvalue weighted by Crippen LogP contribution is -2.36. The van der Waals surface area contributed by atoms with Crippen LogP contribution in [-0.2, 0) is 13.1 Å². The second-order valence-electron chi connectivity index (χ2n) is 4.97. The van der Waals surface area contributed by atoms with Gasteiger partial charge >= 0.3 is 0 Å². The number of hydrogen-bond acceptors (Lipinski definition) is 2. The summed E-state index contributed by atoms with van der Waals surface area (Å²) in [5.41, 5.74) is 8.20. The van der Waals surface area contributed by atoms with E-state index in [-0.39, 0.29) is 30.0 Å². The molecule has 1 heterocycles. The molecule has 0 saturated carbocycles. The van der Waals surface area contributed by atoms with Crippen molar-refractivity contribution >= 4 is 29.9 Å². The zero-order valence-corrected chi connectivity index (χ0v) is 14.7. The summed E-state index contributed by atoms with van der Waals surface area (Å²) in [4.78, 5) is 4.38. The van der Waals surface area contributed by atoms with E-state index in [2.05, 4.69) is 27.5 Å². The molecule has 21 heavy (non-hydrogen) atoms. The molecule has 0 saturated heterocycles. The van der Waals surface area contributed by atoms with Crippen molar-refractivity contribution in [3.8, 4) is 0 Å². The summed E-state index contributed by atoms with van der Waals surface area (Å²) in [7, 11) is 0. The zero-order valence-electron chi connectivity index (χ0n) is 12.4. The molecule has 0 spiro atoms. The summed E-state index contributed by atoms with van der Waals surface area (Å²) in [6.45, 7) is 5.39. The first-order chi connectivity index (χ1) is 9.65. The lowest BCUT2D eigenvalue weighted by atomic mass is 10.1. The van der Waals surface area contributed by atoms with Gasteiger partial charge in [-0.2, -0.15) is 5.10 Å². The standard InChI is InChI=1S/C15H21N5.HI/c1-12(2)19-15(16)17-10-13-6-3-4-7-14(13)11-20-9-5-8-18-20;/h3-9,12H,10-11H2,1-2H3,(H3,16,17,19);1H. The van der Waals surface area contributed by atoms with E-state index in [1.807, 2.05) is 42.9 Å². The molecular weight excluding hydrogens is 377 g/mol. The summed E-state index contributed by atoms with van der Waals surface area (Å²) in [6, 6.07) is 10.4. The van der Waals surface area contributed by atoms with Crippen molar-refractivity contribution < 1.29 is 0 Å². The van der Waals surface area contributed by atoms with Crippen LogP contribution in [-0.4, -0.2) is 21.8 Å². The van der Waals surface area contributed by atoms with Crippen molar-refractivity contribution in [3.63, 3.8) is 0 Å². The zero-order chi connectivity index (χ0) is 14.4. The minimum atomic E-state index is 0. The van der Waals surface area contributed by atoms with Gasteiger partial charge in [-0.15, -0.1) is 24.0 Å². The molecule has 2 aromatic rings. The molecule has 0 unspecified atom stereocenters. The fraction of sp³-hybridized carbons (Fsp3) is 0.333. The summed E-state index contributed by atoms with van der Waals surface area (Å²) < 4.78 is 1.90. The highest BCUT2D eigenvalue weighted by Crippen LogP contribution is 2.11. The maximum absolute atomic E-state index is 5.83. The van der Waals surface area contributed by atoms with Crippen molar-refractivity contribution in [2.75, 3.05) is 0 Å². The number of aliphatic imine (C=N–C) groups is 1. The lowest BCUT2D eigenvalue weighted by Gasteiger charge is -2.10. The van der Waals surface area contributed by atoms with Gasteiger partial charge < -0.3 is 11.1 Å². The van der Waals surface area contributed by atoms with E-state index in [9.17, 15) is 0 Å². The Bertz CT molecular complexity index is 563. The quantitative estimate of drug-likeness (QED) is 0.461. The smallest absolute Gasteiger partial charge is 0.189 e. The third-order valence-electron chi connectivity index (χ3n) is 2.87. The average Bonchev–Trinajstić information content (AvgIpc) is 2.90. The van der Waals surface area contributed by atoms with Gasteiger partial charge in [0.2, 0.25) is 0 Å². The molecule has 0 fully saturated rings. The molecule has 5 nitrogen and oxygen atoms in total.